The lowest BCUT2D eigenvalue weighted by atomic mass is 10.0. The first-order chi connectivity index (χ1) is 16.6. The molecule has 0 fully saturated rings. The van der Waals surface area contributed by atoms with Gasteiger partial charge in [-0.3, -0.25) is 13.6 Å². The Morgan fingerprint density at radius 2 is 2.03 bits per heavy atom. The average molecular weight is 508 g/mol. The van der Waals surface area contributed by atoms with Crippen molar-refractivity contribution in [2.24, 2.45) is 12.8 Å². The van der Waals surface area contributed by atoms with Crippen LogP contribution in [-0.2, 0) is 30.2 Å². The number of nitrogens with one attached hydrogen (secondary N) is 1. The number of alkyl halides is 2. The molecule has 3 heterocycles. The molecule has 0 bridgehead atoms. The highest BCUT2D eigenvalue weighted by atomic mass is 32.2. The molecule has 0 spiro atoms. The minimum absolute atomic E-state index is 0.0813. The molecule has 7 nitrogen and oxygen atoms in total. The normalized spacial score (nSPS) is 15.9. The summed E-state index contributed by atoms with van der Waals surface area (Å²) in [5, 5.41) is 3.83. The molecule has 4 rings (SSSR count). The van der Waals surface area contributed by atoms with Crippen molar-refractivity contribution in [3.63, 3.8) is 0 Å². The molecule has 11 heteroatoms. The van der Waals surface area contributed by atoms with Crippen LogP contribution in [0.5, 0.6) is 0 Å². The second kappa shape index (κ2) is 11.1. The van der Waals surface area contributed by atoms with Crippen LogP contribution in [0, 0.1) is 5.82 Å². The van der Waals surface area contributed by atoms with E-state index in [0.717, 1.165) is 17.0 Å². The fourth-order valence-corrected chi connectivity index (χ4v) is 4.79. The first kappa shape index (κ1) is 26.6. The van der Waals surface area contributed by atoms with Crippen molar-refractivity contribution in [2.75, 3.05) is 30.4 Å². The number of hydrogen-bond donors (Lipinski definition) is 2. The Hall–Kier alpha value is -3.05. The molecule has 0 saturated heterocycles. The molecule has 35 heavy (non-hydrogen) atoms. The summed E-state index contributed by atoms with van der Waals surface area (Å²) >= 11 is 0. The number of nitrogens with two attached hydrogens (primary N) is 1. The van der Waals surface area contributed by atoms with Gasteiger partial charge >= 0.3 is 0 Å². The summed E-state index contributed by atoms with van der Waals surface area (Å²) in [6.45, 7) is 0.833. The zero-order valence-corrected chi connectivity index (χ0v) is 20.6. The average Bonchev–Trinajstić information content (AvgIpc) is 2.87. The molecular formula is C24H28F3N5O2S. The number of aryl methyl sites for hydroxylation is 2. The number of benzene rings is 1. The Balaban J connectivity index is 0.000000214. The summed E-state index contributed by atoms with van der Waals surface area (Å²) in [5.74, 6) is -2.31. The molecule has 188 valence electrons. The third kappa shape index (κ3) is 5.62. The van der Waals surface area contributed by atoms with Gasteiger partial charge in [0.15, 0.2) is 0 Å². The predicted molar refractivity (Wildman–Crippen MR) is 134 cm³/mol. The molecule has 1 atom stereocenters. The van der Waals surface area contributed by atoms with Crippen LogP contribution in [0.2, 0.25) is 0 Å². The number of allylic oxidation sites excluding steroid dienone is 1. The van der Waals surface area contributed by atoms with Gasteiger partial charge in [0.25, 0.3) is 11.5 Å². The highest BCUT2D eigenvalue weighted by Gasteiger charge is 2.33. The summed E-state index contributed by atoms with van der Waals surface area (Å²) in [6, 6.07) is 5.82. The van der Waals surface area contributed by atoms with Gasteiger partial charge in [-0.2, -0.15) is 8.78 Å². The number of pyridine rings is 1. The summed E-state index contributed by atoms with van der Waals surface area (Å²) in [4.78, 5) is 20.9. The van der Waals surface area contributed by atoms with Gasteiger partial charge in [-0.05, 0) is 30.0 Å². The van der Waals surface area contributed by atoms with E-state index >= 15 is 0 Å². The molecule has 0 amide bonds. The molecule has 1 aromatic carbocycles. The summed E-state index contributed by atoms with van der Waals surface area (Å²) in [7, 11) is 2.70. The second-order valence-corrected chi connectivity index (χ2v) is 9.58. The number of nitrogens with zero attached hydrogens (tertiary/aromatic N) is 3. The van der Waals surface area contributed by atoms with Gasteiger partial charge < -0.3 is 11.1 Å². The number of rotatable bonds is 5. The van der Waals surface area contributed by atoms with Crippen molar-refractivity contribution >= 4 is 33.2 Å². The highest BCUT2D eigenvalue weighted by molar-refractivity contribution is 7.85. The number of halogens is 3. The maximum absolute atomic E-state index is 13.4. The van der Waals surface area contributed by atoms with Crippen molar-refractivity contribution < 1.29 is 17.4 Å². The Morgan fingerprint density at radius 3 is 2.63 bits per heavy atom. The quantitative estimate of drug-likeness (QED) is 0.549. The van der Waals surface area contributed by atoms with E-state index in [1.54, 1.807) is 25.6 Å². The monoisotopic (exact) mass is 507 g/mol. The summed E-state index contributed by atoms with van der Waals surface area (Å²) < 4.78 is 52.6. The maximum atomic E-state index is 13.4. The molecule has 1 unspecified atom stereocenters. The lowest BCUT2D eigenvalue weighted by Crippen LogP contribution is -2.26. The van der Waals surface area contributed by atoms with E-state index in [4.69, 9.17) is 5.73 Å². The lowest BCUT2D eigenvalue weighted by molar-refractivity contribution is 0.00224. The van der Waals surface area contributed by atoms with Gasteiger partial charge in [0.1, 0.15) is 23.6 Å². The molecule has 2 aromatic heterocycles. The number of hydrogen-bond acceptors (Lipinski definition) is 6. The molecule has 3 aromatic rings. The van der Waals surface area contributed by atoms with Gasteiger partial charge in [-0.1, -0.05) is 31.2 Å². The minimum atomic E-state index is -3.28. The van der Waals surface area contributed by atoms with Crippen LogP contribution >= 0.6 is 0 Å². The summed E-state index contributed by atoms with van der Waals surface area (Å²) in [6.07, 6.45) is 4.40. The van der Waals surface area contributed by atoms with Crippen molar-refractivity contribution in [1.29, 1.82) is 0 Å². The third-order valence-corrected chi connectivity index (χ3v) is 7.01. The van der Waals surface area contributed by atoms with Crippen molar-refractivity contribution in [2.45, 2.75) is 25.7 Å². The van der Waals surface area contributed by atoms with Gasteiger partial charge in [0, 0.05) is 42.0 Å². The SMILES string of the molecule is CCc1cccc(C(F)(F)CN)c1F.CNc1ncnc2c1cc(C1=CCS(=O)CC1)c(=O)n2C. The van der Waals surface area contributed by atoms with Crippen LogP contribution in [0.1, 0.15) is 30.0 Å². The van der Waals surface area contributed by atoms with E-state index in [1.165, 1.54) is 18.5 Å². The maximum Gasteiger partial charge on any atom is 0.288 e. The van der Waals surface area contributed by atoms with E-state index in [9.17, 15) is 22.2 Å². The molecular weight excluding hydrogens is 479 g/mol. The molecule has 0 saturated carbocycles. The number of aromatic nitrogens is 3. The Labute approximate surface area is 203 Å². The van der Waals surface area contributed by atoms with E-state index in [0.29, 0.717) is 41.4 Å². The zero-order chi connectivity index (χ0) is 25.8. The van der Waals surface area contributed by atoms with Crippen LogP contribution in [0.3, 0.4) is 0 Å². The zero-order valence-electron chi connectivity index (χ0n) is 19.8. The van der Waals surface area contributed by atoms with Crippen LogP contribution in [-0.4, -0.2) is 43.8 Å². The topological polar surface area (TPSA) is 103 Å². The first-order valence-electron chi connectivity index (χ1n) is 11.1. The van der Waals surface area contributed by atoms with E-state index in [-0.39, 0.29) is 11.1 Å². The third-order valence-electron chi connectivity index (χ3n) is 5.81. The van der Waals surface area contributed by atoms with Crippen molar-refractivity contribution in [3.05, 3.63) is 69.5 Å². The van der Waals surface area contributed by atoms with E-state index in [1.807, 2.05) is 12.1 Å². The van der Waals surface area contributed by atoms with Gasteiger partial charge in [0.05, 0.1) is 17.5 Å². The predicted octanol–water partition coefficient (Wildman–Crippen LogP) is 3.34. The number of anilines is 1. The van der Waals surface area contributed by atoms with E-state index < -0.39 is 34.6 Å². The molecule has 1 aliphatic rings. The van der Waals surface area contributed by atoms with Gasteiger partial charge in [0.2, 0.25) is 0 Å². The van der Waals surface area contributed by atoms with Crippen molar-refractivity contribution in [1.82, 2.24) is 14.5 Å². The van der Waals surface area contributed by atoms with Crippen LogP contribution in [0.4, 0.5) is 19.0 Å². The van der Waals surface area contributed by atoms with Crippen LogP contribution in [0.15, 0.2) is 41.5 Å². The van der Waals surface area contributed by atoms with Gasteiger partial charge in [-0.25, -0.2) is 14.4 Å². The van der Waals surface area contributed by atoms with Crippen molar-refractivity contribution in [3.8, 4) is 0 Å². The molecule has 0 radical (unpaired) electrons. The van der Waals surface area contributed by atoms with Crippen LogP contribution in [0.25, 0.3) is 16.6 Å². The number of fused-ring (bicyclic) bond motifs is 1. The fourth-order valence-electron chi connectivity index (χ4n) is 3.79. The Kier molecular flexibility index (Phi) is 8.44. The Morgan fingerprint density at radius 1 is 1.29 bits per heavy atom. The highest BCUT2D eigenvalue weighted by Crippen LogP contribution is 2.30. The first-order valence-corrected chi connectivity index (χ1v) is 12.6. The largest absolute Gasteiger partial charge is 0.372 e. The fraction of sp³-hybridized carbons (Fsp3) is 0.375. The lowest BCUT2D eigenvalue weighted by Gasteiger charge is -2.16. The second-order valence-electron chi connectivity index (χ2n) is 7.96. The smallest absolute Gasteiger partial charge is 0.288 e. The standard InChI is InChI=1S/C14H16N4O2S.C10H12F3N/c1-15-12-11-7-10(9-3-5-21(20)6-4-9)14(19)18(2)13(11)17-8-16-12;1-2-7-4-3-5-8(9(7)11)10(12,13)6-14/h3,7-8H,4-6H2,1-2H3,(H,15,16,17);3-5H,2,6,14H2,1H3. The summed E-state index contributed by atoms with van der Waals surface area (Å²) in [5.41, 5.74) is 6.68. The molecule has 3 N–H and O–H groups in total. The minimum Gasteiger partial charge on any atom is -0.372 e. The van der Waals surface area contributed by atoms with E-state index in [2.05, 4.69) is 15.3 Å². The molecule has 1 aliphatic heterocycles. The van der Waals surface area contributed by atoms with Crippen LogP contribution < -0.4 is 16.6 Å². The Bertz CT molecular complexity index is 1340. The van der Waals surface area contributed by atoms with Gasteiger partial charge in [-0.15, -0.1) is 0 Å². The molecule has 0 aliphatic carbocycles.